The molecule has 1 aliphatic rings. The van der Waals surface area contributed by atoms with Gasteiger partial charge in [-0.2, -0.15) is 0 Å². The van der Waals surface area contributed by atoms with Crippen LogP contribution in [0.25, 0.3) is 0 Å². The van der Waals surface area contributed by atoms with E-state index in [9.17, 15) is 9.59 Å². The lowest BCUT2D eigenvalue weighted by atomic mass is 10.2. The smallest absolute Gasteiger partial charge is 0.283 e. The van der Waals surface area contributed by atoms with Crippen LogP contribution in [0.2, 0.25) is 15.1 Å². The second-order valence-electron chi connectivity index (χ2n) is 6.63. The zero-order chi connectivity index (χ0) is 22.8. The van der Waals surface area contributed by atoms with E-state index in [0.29, 0.717) is 32.2 Å². The number of hydrogen-bond donors (Lipinski definition) is 1. The van der Waals surface area contributed by atoms with Crippen LogP contribution in [0.3, 0.4) is 0 Å². The van der Waals surface area contributed by atoms with Crippen molar-refractivity contribution in [2.45, 2.75) is 4.90 Å². The molecule has 0 radical (unpaired) electrons. The number of methoxy groups -OCH3 is 1. The maximum atomic E-state index is 13.4. The zero-order valence-electron chi connectivity index (χ0n) is 16.6. The van der Waals surface area contributed by atoms with Crippen LogP contribution in [-0.4, -0.2) is 18.9 Å². The minimum absolute atomic E-state index is 0.124. The van der Waals surface area contributed by atoms with Crippen LogP contribution in [0.5, 0.6) is 5.75 Å². The summed E-state index contributed by atoms with van der Waals surface area (Å²) in [5.41, 5.74) is 0.996. The van der Waals surface area contributed by atoms with Crippen LogP contribution >= 0.6 is 46.6 Å². The molecule has 9 heteroatoms. The highest BCUT2D eigenvalue weighted by Gasteiger charge is 2.41. The van der Waals surface area contributed by atoms with Gasteiger partial charge in [-0.05, 0) is 54.6 Å². The van der Waals surface area contributed by atoms with E-state index in [1.807, 2.05) is 0 Å². The Morgan fingerprint density at radius 2 is 1.59 bits per heavy atom. The van der Waals surface area contributed by atoms with Crippen molar-refractivity contribution < 1.29 is 14.3 Å². The van der Waals surface area contributed by atoms with Crippen molar-refractivity contribution in [1.82, 2.24) is 0 Å². The molecular weight excluding hydrogens is 491 g/mol. The van der Waals surface area contributed by atoms with E-state index < -0.39 is 11.8 Å². The summed E-state index contributed by atoms with van der Waals surface area (Å²) in [5, 5.41) is 4.32. The van der Waals surface area contributed by atoms with Crippen molar-refractivity contribution >= 4 is 69.8 Å². The molecule has 5 nitrogen and oxygen atoms in total. The van der Waals surface area contributed by atoms with E-state index >= 15 is 0 Å². The number of halogens is 3. The number of benzene rings is 3. The zero-order valence-corrected chi connectivity index (χ0v) is 19.6. The van der Waals surface area contributed by atoms with E-state index in [1.165, 1.54) is 7.11 Å². The average molecular weight is 506 g/mol. The van der Waals surface area contributed by atoms with Crippen molar-refractivity contribution in [3.63, 3.8) is 0 Å². The molecule has 3 aromatic carbocycles. The molecule has 0 saturated heterocycles. The van der Waals surface area contributed by atoms with Gasteiger partial charge in [-0.25, -0.2) is 4.90 Å². The van der Waals surface area contributed by atoms with Gasteiger partial charge in [0, 0.05) is 15.6 Å². The fourth-order valence-electron chi connectivity index (χ4n) is 3.09. The number of carbonyl (C=O) groups is 2. The molecule has 1 aliphatic heterocycles. The lowest BCUT2D eigenvalue weighted by Crippen LogP contribution is -2.32. The molecule has 0 aliphatic carbocycles. The molecule has 162 valence electrons. The lowest BCUT2D eigenvalue weighted by Gasteiger charge is -2.18. The molecule has 1 heterocycles. The number of para-hydroxylation sites is 2. The Bertz CT molecular complexity index is 1250. The van der Waals surface area contributed by atoms with E-state index in [-0.39, 0.29) is 10.6 Å². The summed E-state index contributed by atoms with van der Waals surface area (Å²) in [4.78, 5) is 28.9. The third kappa shape index (κ3) is 4.45. The number of carbonyl (C=O) groups excluding carboxylic acids is 2. The highest BCUT2D eigenvalue weighted by Crippen LogP contribution is 2.41. The first-order valence-electron chi connectivity index (χ1n) is 9.30. The Hall–Kier alpha value is -2.64. The van der Waals surface area contributed by atoms with Crippen LogP contribution in [-0.2, 0) is 9.59 Å². The standard InChI is InChI=1S/C23H15Cl3N2O3S/c1-31-19-5-3-2-4-18(19)28-22(29)20(27-14-8-11-16(25)17(26)12-14)21(23(28)30)32-15-9-6-13(24)7-10-15/h2-12,27H,1H3. The van der Waals surface area contributed by atoms with Gasteiger partial charge in [0.2, 0.25) is 0 Å². The quantitative estimate of drug-likeness (QED) is 0.380. The Morgan fingerprint density at radius 1 is 0.875 bits per heavy atom. The van der Waals surface area contributed by atoms with Gasteiger partial charge in [-0.1, -0.05) is 58.7 Å². The molecule has 1 N–H and O–H groups in total. The molecular formula is C23H15Cl3N2O3S. The number of imide groups is 1. The molecule has 0 fully saturated rings. The van der Waals surface area contributed by atoms with Crippen LogP contribution in [0.4, 0.5) is 11.4 Å². The second kappa shape index (κ2) is 9.46. The van der Waals surface area contributed by atoms with E-state index in [0.717, 1.165) is 21.6 Å². The maximum absolute atomic E-state index is 13.4. The molecule has 2 amide bonds. The summed E-state index contributed by atoms with van der Waals surface area (Å²) in [5.74, 6) is -0.579. The molecule has 0 spiro atoms. The van der Waals surface area contributed by atoms with Crippen molar-refractivity contribution in [1.29, 1.82) is 0 Å². The lowest BCUT2D eigenvalue weighted by molar-refractivity contribution is -0.120. The SMILES string of the molecule is COc1ccccc1N1C(=O)C(Nc2ccc(Cl)c(Cl)c2)=C(Sc2ccc(Cl)cc2)C1=O. The third-order valence-corrected chi connectivity index (χ3v) is 6.67. The second-order valence-corrected chi connectivity index (χ2v) is 8.97. The summed E-state index contributed by atoms with van der Waals surface area (Å²) in [7, 11) is 1.48. The van der Waals surface area contributed by atoms with Gasteiger partial charge < -0.3 is 10.1 Å². The van der Waals surface area contributed by atoms with Crippen LogP contribution in [0.15, 0.2) is 82.2 Å². The number of thioether (sulfide) groups is 1. The van der Waals surface area contributed by atoms with Crippen molar-refractivity contribution in [2.75, 3.05) is 17.3 Å². The predicted molar refractivity (Wildman–Crippen MR) is 130 cm³/mol. The number of hydrogen-bond acceptors (Lipinski definition) is 5. The highest BCUT2D eigenvalue weighted by molar-refractivity contribution is 8.04. The molecule has 32 heavy (non-hydrogen) atoms. The van der Waals surface area contributed by atoms with Gasteiger partial charge >= 0.3 is 0 Å². The summed E-state index contributed by atoms with van der Waals surface area (Å²) in [6.07, 6.45) is 0. The molecule has 0 aromatic heterocycles. The summed E-state index contributed by atoms with van der Waals surface area (Å²) in [6.45, 7) is 0. The number of nitrogens with zero attached hydrogens (tertiary/aromatic N) is 1. The van der Waals surface area contributed by atoms with Gasteiger partial charge in [-0.15, -0.1) is 0 Å². The molecule has 3 aromatic rings. The first kappa shape index (κ1) is 22.6. The van der Waals surface area contributed by atoms with Crippen LogP contribution < -0.4 is 15.0 Å². The van der Waals surface area contributed by atoms with Crippen LogP contribution in [0, 0.1) is 0 Å². The van der Waals surface area contributed by atoms with Crippen molar-refractivity contribution in [2.24, 2.45) is 0 Å². The Kier molecular flexibility index (Phi) is 6.67. The molecule has 4 rings (SSSR count). The van der Waals surface area contributed by atoms with E-state index in [2.05, 4.69) is 5.32 Å². The summed E-state index contributed by atoms with van der Waals surface area (Å²) in [6, 6.07) is 18.7. The van der Waals surface area contributed by atoms with Gasteiger partial charge in [0.25, 0.3) is 11.8 Å². The van der Waals surface area contributed by atoms with Crippen molar-refractivity contribution in [3.05, 3.63) is 92.4 Å². The Balaban J connectivity index is 1.77. The van der Waals surface area contributed by atoms with E-state index in [1.54, 1.807) is 66.7 Å². The van der Waals surface area contributed by atoms with Gasteiger partial charge in [0.05, 0.1) is 22.8 Å². The molecule has 0 saturated carbocycles. The first-order chi connectivity index (χ1) is 15.4. The minimum Gasteiger partial charge on any atom is -0.495 e. The normalized spacial score (nSPS) is 13.7. The van der Waals surface area contributed by atoms with Gasteiger partial charge in [0.15, 0.2) is 0 Å². The Labute approximate surface area is 203 Å². The number of ether oxygens (including phenoxy) is 1. The molecule has 0 unspecified atom stereocenters. The van der Waals surface area contributed by atoms with Gasteiger partial charge in [0.1, 0.15) is 16.4 Å². The summed E-state index contributed by atoms with van der Waals surface area (Å²) < 4.78 is 5.36. The maximum Gasteiger partial charge on any atom is 0.283 e. The fraction of sp³-hybridized carbons (Fsp3) is 0.0435. The predicted octanol–water partition coefficient (Wildman–Crippen LogP) is 6.64. The van der Waals surface area contributed by atoms with Gasteiger partial charge in [-0.3, -0.25) is 9.59 Å². The molecule has 0 atom stereocenters. The summed E-state index contributed by atoms with van der Waals surface area (Å²) >= 11 is 19.3. The largest absolute Gasteiger partial charge is 0.495 e. The number of amides is 2. The number of nitrogens with one attached hydrogen (secondary N) is 1. The topological polar surface area (TPSA) is 58.6 Å². The van der Waals surface area contributed by atoms with Crippen molar-refractivity contribution in [3.8, 4) is 5.75 Å². The fourth-order valence-corrected chi connectivity index (χ4v) is 4.44. The monoisotopic (exact) mass is 504 g/mol. The third-order valence-electron chi connectivity index (χ3n) is 4.59. The molecule has 0 bridgehead atoms. The minimum atomic E-state index is -0.512. The highest BCUT2D eigenvalue weighted by atomic mass is 35.5. The number of rotatable bonds is 6. The first-order valence-corrected chi connectivity index (χ1v) is 11.3. The number of anilines is 2. The van der Waals surface area contributed by atoms with E-state index in [4.69, 9.17) is 39.5 Å². The Morgan fingerprint density at radius 3 is 2.28 bits per heavy atom. The van der Waals surface area contributed by atoms with Crippen LogP contribution in [0.1, 0.15) is 0 Å². The average Bonchev–Trinajstić information content (AvgIpc) is 3.01.